The molecule has 1 saturated heterocycles. The van der Waals surface area contributed by atoms with Crippen LogP contribution in [0, 0.1) is 10.1 Å². The highest BCUT2D eigenvalue weighted by Crippen LogP contribution is 2.25. The number of amides is 1. The van der Waals surface area contributed by atoms with Crippen LogP contribution in [0.4, 0.5) is 5.69 Å². The maximum absolute atomic E-state index is 12.5. The Hall–Kier alpha value is -2.94. The Bertz CT molecular complexity index is 853. The molecular weight excluding hydrogens is 342 g/mol. The summed E-state index contributed by atoms with van der Waals surface area (Å²) in [6, 6.07) is 6.15. The van der Waals surface area contributed by atoms with Crippen LogP contribution in [0.3, 0.4) is 0 Å². The molecule has 1 aliphatic heterocycles. The van der Waals surface area contributed by atoms with E-state index in [-0.39, 0.29) is 24.6 Å². The highest BCUT2D eigenvalue weighted by atomic mass is 16.6. The highest BCUT2D eigenvalue weighted by molar-refractivity contribution is 5.85. The van der Waals surface area contributed by atoms with Crippen LogP contribution in [-0.4, -0.2) is 45.2 Å². The van der Waals surface area contributed by atoms with Crippen LogP contribution < -0.4 is 5.32 Å². The average molecular weight is 361 g/mol. The molecule has 0 saturated carbocycles. The third-order valence-corrected chi connectivity index (χ3v) is 4.62. The van der Waals surface area contributed by atoms with Gasteiger partial charge in [0.25, 0.3) is 5.69 Å². The molecule has 138 valence electrons. The molecule has 0 bridgehead atoms. The third-order valence-electron chi connectivity index (χ3n) is 4.62. The van der Waals surface area contributed by atoms with Gasteiger partial charge in [-0.1, -0.05) is 0 Å². The number of hydrogen-bond donors (Lipinski definition) is 2. The van der Waals surface area contributed by atoms with E-state index < -0.39 is 16.4 Å². The van der Waals surface area contributed by atoms with E-state index in [0.29, 0.717) is 37.0 Å². The number of benzene rings is 1. The van der Waals surface area contributed by atoms with E-state index in [9.17, 15) is 19.7 Å². The number of rotatable bonds is 6. The number of nitro benzene ring substituents is 1. The van der Waals surface area contributed by atoms with Crippen LogP contribution in [0.25, 0.3) is 10.9 Å². The van der Waals surface area contributed by atoms with Gasteiger partial charge in [-0.25, -0.2) is 0 Å². The number of nitro groups is 1. The number of carboxylic acid groups (broad SMARTS) is 1. The quantitative estimate of drug-likeness (QED) is 0.596. The first-order chi connectivity index (χ1) is 12.4. The van der Waals surface area contributed by atoms with Crippen molar-refractivity contribution in [2.45, 2.75) is 31.3 Å². The van der Waals surface area contributed by atoms with E-state index in [1.807, 2.05) is 0 Å². The summed E-state index contributed by atoms with van der Waals surface area (Å²) in [7, 11) is 0. The van der Waals surface area contributed by atoms with Crippen LogP contribution >= 0.6 is 0 Å². The summed E-state index contributed by atoms with van der Waals surface area (Å²) in [4.78, 5) is 34.1. The van der Waals surface area contributed by atoms with Gasteiger partial charge in [0, 0.05) is 42.4 Å². The molecule has 0 spiro atoms. The van der Waals surface area contributed by atoms with E-state index in [1.54, 1.807) is 22.9 Å². The molecule has 1 aromatic heterocycles. The monoisotopic (exact) mass is 361 g/mol. The second kappa shape index (κ2) is 7.12. The molecule has 2 aromatic rings. The molecule has 2 heterocycles. The molecule has 0 radical (unpaired) electrons. The van der Waals surface area contributed by atoms with Crippen LogP contribution in [0.15, 0.2) is 30.5 Å². The largest absolute Gasteiger partial charge is 0.481 e. The second-order valence-electron chi connectivity index (χ2n) is 6.46. The van der Waals surface area contributed by atoms with Gasteiger partial charge in [0.2, 0.25) is 5.91 Å². The molecule has 1 amide bonds. The Kier molecular flexibility index (Phi) is 4.90. The van der Waals surface area contributed by atoms with Gasteiger partial charge < -0.3 is 19.7 Å². The van der Waals surface area contributed by atoms with E-state index in [2.05, 4.69) is 5.32 Å². The summed E-state index contributed by atoms with van der Waals surface area (Å²) in [6.07, 6.45) is 2.43. The number of non-ortho nitro benzene ring substituents is 1. The maximum Gasteiger partial charge on any atom is 0.305 e. The first-order valence-electron chi connectivity index (χ1n) is 8.22. The average Bonchev–Trinajstić information content (AvgIpc) is 2.96. The number of nitrogens with one attached hydrogen (secondary N) is 1. The van der Waals surface area contributed by atoms with Crippen LogP contribution in [-0.2, 0) is 20.9 Å². The predicted molar refractivity (Wildman–Crippen MR) is 91.8 cm³/mol. The number of aliphatic carboxylic acids is 1. The number of hydrogen-bond acceptors (Lipinski definition) is 5. The van der Waals surface area contributed by atoms with E-state index in [0.717, 1.165) is 0 Å². The number of aromatic nitrogens is 1. The van der Waals surface area contributed by atoms with Crippen molar-refractivity contribution in [3.05, 3.63) is 40.6 Å². The zero-order valence-corrected chi connectivity index (χ0v) is 14.0. The lowest BCUT2D eigenvalue weighted by Gasteiger charge is -2.36. The molecule has 1 fully saturated rings. The lowest BCUT2D eigenvalue weighted by atomic mass is 9.86. The van der Waals surface area contributed by atoms with Crippen molar-refractivity contribution < 1.29 is 24.4 Å². The fourth-order valence-electron chi connectivity index (χ4n) is 3.33. The summed E-state index contributed by atoms with van der Waals surface area (Å²) in [5.41, 5.74) is -0.115. The molecule has 0 atom stereocenters. The third kappa shape index (κ3) is 3.83. The fraction of sp³-hybridized carbons (Fsp3) is 0.412. The summed E-state index contributed by atoms with van der Waals surface area (Å²) in [5.74, 6) is -1.27. The summed E-state index contributed by atoms with van der Waals surface area (Å²) in [5, 5.41) is 23.5. The molecule has 1 aromatic carbocycles. The number of carboxylic acids is 1. The van der Waals surface area contributed by atoms with Gasteiger partial charge in [-0.2, -0.15) is 0 Å². The van der Waals surface area contributed by atoms with Gasteiger partial charge in [-0.15, -0.1) is 0 Å². The second-order valence-corrected chi connectivity index (χ2v) is 6.46. The fourth-order valence-corrected chi connectivity index (χ4v) is 3.33. The van der Waals surface area contributed by atoms with Crippen molar-refractivity contribution in [1.29, 1.82) is 0 Å². The summed E-state index contributed by atoms with van der Waals surface area (Å²) < 4.78 is 6.96. The molecule has 2 N–H and O–H groups in total. The Morgan fingerprint density at radius 2 is 2.04 bits per heavy atom. The van der Waals surface area contributed by atoms with Gasteiger partial charge in [0.15, 0.2) is 0 Å². The molecule has 0 unspecified atom stereocenters. The minimum absolute atomic E-state index is 0.00351. The molecule has 1 aliphatic rings. The minimum atomic E-state index is -0.967. The Balaban J connectivity index is 1.75. The SMILES string of the molecule is O=C(O)CC1(NC(=O)Cn2ccc3cc([N+](=O)[O-])ccc32)CCOCC1. The summed E-state index contributed by atoms with van der Waals surface area (Å²) in [6.45, 7) is 0.816. The van der Waals surface area contributed by atoms with Crippen molar-refractivity contribution in [2.24, 2.45) is 0 Å². The number of nitrogens with zero attached hydrogens (tertiary/aromatic N) is 2. The van der Waals surface area contributed by atoms with Gasteiger partial charge in [-0.05, 0) is 25.0 Å². The molecule has 9 heteroatoms. The number of carbonyl (C=O) groups excluding carboxylic acids is 1. The van der Waals surface area contributed by atoms with Gasteiger partial charge in [0.1, 0.15) is 6.54 Å². The first-order valence-corrected chi connectivity index (χ1v) is 8.22. The van der Waals surface area contributed by atoms with E-state index in [4.69, 9.17) is 9.84 Å². The maximum atomic E-state index is 12.5. The lowest BCUT2D eigenvalue weighted by Crippen LogP contribution is -2.53. The van der Waals surface area contributed by atoms with Gasteiger partial charge in [-0.3, -0.25) is 19.7 Å². The topological polar surface area (TPSA) is 124 Å². The smallest absolute Gasteiger partial charge is 0.305 e. The number of carbonyl (C=O) groups is 2. The zero-order chi connectivity index (χ0) is 18.7. The molecule has 0 aliphatic carbocycles. The van der Waals surface area contributed by atoms with Gasteiger partial charge in [0.05, 0.1) is 16.9 Å². The molecule has 26 heavy (non-hydrogen) atoms. The first kappa shape index (κ1) is 17.9. The van der Waals surface area contributed by atoms with Crippen LogP contribution in [0.1, 0.15) is 19.3 Å². The van der Waals surface area contributed by atoms with Gasteiger partial charge >= 0.3 is 5.97 Å². The zero-order valence-electron chi connectivity index (χ0n) is 14.0. The number of fused-ring (bicyclic) bond motifs is 1. The van der Waals surface area contributed by atoms with Crippen molar-refractivity contribution >= 4 is 28.5 Å². The van der Waals surface area contributed by atoms with Crippen molar-refractivity contribution in [2.75, 3.05) is 13.2 Å². The molecular formula is C17H19N3O6. The predicted octanol–water partition coefficient (Wildman–Crippen LogP) is 1.69. The van der Waals surface area contributed by atoms with E-state index >= 15 is 0 Å². The Morgan fingerprint density at radius 3 is 2.69 bits per heavy atom. The lowest BCUT2D eigenvalue weighted by molar-refractivity contribution is -0.384. The van der Waals surface area contributed by atoms with Crippen molar-refractivity contribution in [3.63, 3.8) is 0 Å². The Morgan fingerprint density at radius 1 is 1.31 bits per heavy atom. The molecule has 9 nitrogen and oxygen atoms in total. The summed E-state index contributed by atoms with van der Waals surface area (Å²) >= 11 is 0. The van der Waals surface area contributed by atoms with Crippen molar-refractivity contribution in [1.82, 2.24) is 9.88 Å². The highest BCUT2D eigenvalue weighted by Gasteiger charge is 2.36. The van der Waals surface area contributed by atoms with Crippen LogP contribution in [0.5, 0.6) is 0 Å². The Labute approximate surface area is 148 Å². The molecule has 3 rings (SSSR count). The minimum Gasteiger partial charge on any atom is -0.481 e. The standard InChI is InChI=1S/C17H19N3O6/c21-15(18-17(10-16(22)23)4-7-26-8-5-17)11-19-6-3-12-9-13(20(24)25)1-2-14(12)19/h1-3,6,9H,4-5,7-8,10-11H2,(H,18,21)(H,22,23). The number of ether oxygens (including phenoxy) is 1. The normalized spacial score (nSPS) is 16.3. The van der Waals surface area contributed by atoms with E-state index in [1.165, 1.54) is 12.1 Å². The van der Waals surface area contributed by atoms with Crippen molar-refractivity contribution in [3.8, 4) is 0 Å². The van der Waals surface area contributed by atoms with Crippen LogP contribution in [0.2, 0.25) is 0 Å².